The third-order valence-electron chi connectivity index (χ3n) is 4.37. The van der Waals surface area contributed by atoms with Gasteiger partial charge in [-0.2, -0.15) is 0 Å². The van der Waals surface area contributed by atoms with E-state index in [9.17, 15) is 4.79 Å². The number of aryl methyl sites for hydroxylation is 2. The lowest BCUT2D eigenvalue weighted by Crippen LogP contribution is -2.37. The average molecular weight is 325 g/mol. The van der Waals surface area contributed by atoms with Crippen molar-refractivity contribution in [1.29, 1.82) is 0 Å². The minimum atomic E-state index is -0.235. The molecular weight excluding hydrogens is 302 g/mol. The molecule has 0 saturated carbocycles. The van der Waals surface area contributed by atoms with Crippen molar-refractivity contribution in [2.24, 2.45) is 5.73 Å². The van der Waals surface area contributed by atoms with E-state index in [-0.39, 0.29) is 18.1 Å². The van der Waals surface area contributed by atoms with Crippen LogP contribution in [0.1, 0.15) is 21.5 Å². The van der Waals surface area contributed by atoms with Crippen LogP contribution in [0.5, 0.6) is 5.75 Å². The Morgan fingerprint density at radius 2 is 1.96 bits per heavy atom. The fraction of sp³-hybridized carbons (Fsp3) is 0.316. The molecule has 0 aromatic heterocycles. The van der Waals surface area contributed by atoms with Gasteiger partial charge in [-0.3, -0.25) is 4.79 Å². The van der Waals surface area contributed by atoms with Gasteiger partial charge in [0.05, 0.1) is 12.6 Å². The van der Waals surface area contributed by atoms with E-state index >= 15 is 0 Å². The molecule has 2 atom stereocenters. The number of hydrogen-bond donors (Lipinski definition) is 2. The highest BCUT2D eigenvalue weighted by Gasteiger charge is 2.35. The zero-order valence-electron chi connectivity index (χ0n) is 14.0. The maximum Gasteiger partial charge on any atom is 0.254 e. The maximum atomic E-state index is 12.8. The number of carbonyl (C=O) groups excluding carboxylic acids is 1. The third-order valence-corrected chi connectivity index (χ3v) is 4.37. The van der Waals surface area contributed by atoms with E-state index in [0.29, 0.717) is 24.5 Å². The number of rotatable bonds is 3. The standard InChI is InChI=1S/C19H23N3O2/c1-12-6-7-13(2)16(8-12)19(23)22-10-17(21)18(11-22)24-15-5-3-4-14(20)9-15/h3-9,17-18H,10-11,20-21H2,1-2H3. The second-order valence-corrected chi connectivity index (χ2v) is 6.42. The molecule has 1 amide bonds. The lowest BCUT2D eigenvalue weighted by atomic mass is 10.0. The normalized spacial score (nSPS) is 20.2. The number of nitrogens with two attached hydrogens (primary N) is 2. The number of anilines is 1. The Morgan fingerprint density at radius 3 is 2.71 bits per heavy atom. The first-order chi connectivity index (χ1) is 11.4. The van der Waals surface area contributed by atoms with Gasteiger partial charge < -0.3 is 21.1 Å². The van der Waals surface area contributed by atoms with E-state index in [1.165, 1.54) is 0 Å². The van der Waals surface area contributed by atoms with Crippen LogP contribution >= 0.6 is 0 Å². The van der Waals surface area contributed by atoms with Crippen LogP contribution in [0.15, 0.2) is 42.5 Å². The zero-order chi connectivity index (χ0) is 17.3. The molecule has 0 spiro atoms. The van der Waals surface area contributed by atoms with Gasteiger partial charge in [0.2, 0.25) is 0 Å². The van der Waals surface area contributed by atoms with Gasteiger partial charge in [-0.05, 0) is 37.6 Å². The Labute approximate surface area is 142 Å². The van der Waals surface area contributed by atoms with Crippen LogP contribution in [0.25, 0.3) is 0 Å². The molecule has 4 N–H and O–H groups in total. The lowest BCUT2D eigenvalue weighted by molar-refractivity contribution is 0.0771. The number of benzene rings is 2. The molecule has 1 heterocycles. The highest BCUT2D eigenvalue weighted by Crippen LogP contribution is 2.22. The van der Waals surface area contributed by atoms with E-state index in [1.54, 1.807) is 17.0 Å². The molecule has 0 bridgehead atoms. The van der Waals surface area contributed by atoms with Gasteiger partial charge in [-0.1, -0.05) is 23.8 Å². The fourth-order valence-electron chi connectivity index (χ4n) is 2.99. The van der Waals surface area contributed by atoms with Crippen LogP contribution in [0, 0.1) is 13.8 Å². The predicted molar refractivity (Wildman–Crippen MR) is 95.1 cm³/mol. The number of nitrogen functional groups attached to an aromatic ring is 1. The number of likely N-dealkylation sites (tertiary alicyclic amines) is 1. The fourth-order valence-corrected chi connectivity index (χ4v) is 2.99. The number of ether oxygens (including phenoxy) is 1. The Hall–Kier alpha value is -2.53. The molecule has 2 unspecified atom stereocenters. The molecule has 2 aromatic rings. The van der Waals surface area contributed by atoms with E-state index in [4.69, 9.17) is 16.2 Å². The van der Waals surface area contributed by atoms with Gasteiger partial charge in [-0.25, -0.2) is 0 Å². The molecule has 2 aromatic carbocycles. The van der Waals surface area contributed by atoms with Crippen molar-refractivity contribution in [3.63, 3.8) is 0 Å². The topological polar surface area (TPSA) is 81.6 Å². The minimum absolute atomic E-state index is 0.00493. The van der Waals surface area contributed by atoms with E-state index in [1.807, 2.05) is 44.2 Å². The van der Waals surface area contributed by atoms with Gasteiger partial charge in [0.15, 0.2) is 0 Å². The second-order valence-electron chi connectivity index (χ2n) is 6.42. The van der Waals surface area contributed by atoms with E-state index < -0.39 is 0 Å². The average Bonchev–Trinajstić information content (AvgIpc) is 2.90. The molecule has 0 aliphatic carbocycles. The van der Waals surface area contributed by atoms with Crippen LogP contribution in [0.3, 0.4) is 0 Å². The summed E-state index contributed by atoms with van der Waals surface area (Å²) < 4.78 is 5.94. The summed E-state index contributed by atoms with van der Waals surface area (Å²) in [6.45, 7) is 4.89. The SMILES string of the molecule is Cc1ccc(C)c(C(=O)N2CC(N)C(Oc3cccc(N)c3)C2)c1. The van der Waals surface area contributed by atoms with Gasteiger partial charge in [0.25, 0.3) is 5.91 Å². The van der Waals surface area contributed by atoms with Gasteiger partial charge in [0, 0.05) is 23.9 Å². The summed E-state index contributed by atoms with van der Waals surface area (Å²) in [5, 5.41) is 0. The summed E-state index contributed by atoms with van der Waals surface area (Å²) in [7, 11) is 0. The summed E-state index contributed by atoms with van der Waals surface area (Å²) in [6.07, 6.45) is -0.235. The Morgan fingerprint density at radius 1 is 1.17 bits per heavy atom. The molecular formula is C19H23N3O2. The molecule has 1 fully saturated rings. The van der Waals surface area contributed by atoms with Crippen molar-refractivity contribution in [3.05, 3.63) is 59.2 Å². The summed E-state index contributed by atoms with van der Waals surface area (Å²) in [5.41, 5.74) is 15.4. The van der Waals surface area contributed by atoms with Crippen molar-refractivity contribution in [3.8, 4) is 5.75 Å². The van der Waals surface area contributed by atoms with Crippen LogP contribution in [-0.4, -0.2) is 36.0 Å². The van der Waals surface area contributed by atoms with Crippen LogP contribution < -0.4 is 16.2 Å². The van der Waals surface area contributed by atoms with Gasteiger partial charge in [0.1, 0.15) is 11.9 Å². The number of carbonyl (C=O) groups is 1. The van der Waals surface area contributed by atoms with Crippen LogP contribution in [-0.2, 0) is 0 Å². The summed E-state index contributed by atoms with van der Waals surface area (Å²) in [5.74, 6) is 0.682. The third kappa shape index (κ3) is 3.36. The van der Waals surface area contributed by atoms with Crippen molar-refractivity contribution in [2.75, 3.05) is 18.8 Å². The molecule has 126 valence electrons. The summed E-state index contributed by atoms with van der Waals surface area (Å²) in [6, 6.07) is 12.9. The first kappa shape index (κ1) is 16.3. The molecule has 3 rings (SSSR count). The summed E-state index contributed by atoms with van der Waals surface area (Å²) >= 11 is 0. The molecule has 1 aliphatic rings. The molecule has 24 heavy (non-hydrogen) atoms. The minimum Gasteiger partial charge on any atom is -0.487 e. The first-order valence-corrected chi connectivity index (χ1v) is 8.08. The van der Waals surface area contributed by atoms with Crippen molar-refractivity contribution >= 4 is 11.6 Å². The number of amides is 1. The smallest absolute Gasteiger partial charge is 0.254 e. The van der Waals surface area contributed by atoms with E-state index in [0.717, 1.165) is 16.7 Å². The maximum absolute atomic E-state index is 12.8. The Kier molecular flexibility index (Phi) is 4.44. The largest absolute Gasteiger partial charge is 0.487 e. The monoisotopic (exact) mass is 325 g/mol. The van der Waals surface area contributed by atoms with Gasteiger partial charge >= 0.3 is 0 Å². The van der Waals surface area contributed by atoms with Gasteiger partial charge in [-0.15, -0.1) is 0 Å². The predicted octanol–water partition coefficient (Wildman–Crippen LogP) is 2.12. The number of hydrogen-bond acceptors (Lipinski definition) is 4. The van der Waals surface area contributed by atoms with Crippen LogP contribution in [0.4, 0.5) is 5.69 Å². The highest BCUT2D eigenvalue weighted by atomic mass is 16.5. The van der Waals surface area contributed by atoms with Crippen molar-refractivity contribution < 1.29 is 9.53 Å². The second kappa shape index (κ2) is 6.53. The molecule has 1 aliphatic heterocycles. The Bertz CT molecular complexity index is 760. The van der Waals surface area contributed by atoms with Crippen molar-refractivity contribution in [2.45, 2.75) is 26.0 Å². The first-order valence-electron chi connectivity index (χ1n) is 8.08. The molecule has 0 radical (unpaired) electrons. The Balaban J connectivity index is 1.73. The zero-order valence-corrected chi connectivity index (χ0v) is 14.0. The van der Waals surface area contributed by atoms with Crippen molar-refractivity contribution in [1.82, 2.24) is 4.90 Å². The quantitative estimate of drug-likeness (QED) is 0.847. The summed E-state index contributed by atoms with van der Waals surface area (Å²) in [4.78, 5) is 14.6. The van der Waals surface area contributed by atoms with E-state index in [2.05, 4.69) is 0 Å². The molecule has 5 heteroatoms. The lowest BCUT2D eigenvalue weighted by Gasteiger charge is -2.18. The number of nitrogens with zero attached hydrogens (tertiary/aromatic N) is 1. The highest BCUT2D eigenvalue weighted by molar-refractivity contribution is 5.96. The molecule has 1 saturated heterocycles. The van der Waals surface area contributed by atoms with Crippen LogP contribution in [0.2, 0.25) is 0 Å². The molecule has 5 nitrogen and oxygen atoms in total.